The van der Waals surface area contributed by atoms with Crippen molar-refractivity contribution in [1.82, 2.24) is 10.2 Å². The van der Waals surface area contributed by atoms with Gasteiger partial charge in [-0.3, -0.25) is 9.59 Å². The lowest BCUT2D eigenvalue weighted by molar-refractivity contribution is -0.135. The SMILES string of the molecule is CC(C)CCNC(=O)C1CC1C(=O)N1CCN(c2cccc(Cl)c2)CC1. The lowest BCUT2D eigenvalue weighted by Crippen LogP contribution is -2.49. The summed E-state index contributed by atoms with van der Waals surface area (Å²) in [5, 5.41) is 3.69. The third-order valence-electron chi connectivity index (χ3n) is 5.23. The molecule has 1 heterocycles. The first-order chi connectivity index (χ1) is 12.5. The van der Waals surface area contributed by atoms with Gasteiger partial charge in [-0.2, -0.15) is 0 Å². The summed E-state index contributed by atoms with van der Waals surface area (Å²) in [6.07, 6.45) is 1.67. The van der Waals surface area contributed by atoms with Gasteiger partial charge in [0.05, 0.1) is 11.8 Å². The lowest BCUT2D eigenvalue weighted by Gasteiger charge is -2.36. The fourth-order valence-electron chi connectivity index (χ4n) is 3.47. The van der Waals surface area contributed by atoms with Gasteiger partial charge in [-0.05, 0) is 37.0 Å². The molecule has 1 N–H and O–H groups in total. The quantitative estimate of drug-likeness (QED) is 0.829. The smallest absolute Gasteiger partial charge is 0.226 e. The molecule has 2 atom stereocenters. The summed E-state index contributed by atoms with van der Waals surface area (Å²) in [4.78, 5) is 29.0. The van der Waals surface area contributed by atoms with E-state index in [0.717, 1.165) is 30.2 Å². The summed E-state index contributed by atoms with van der Waals surface area (Å²) in [5.41, 5.74) is 1.10. The van der Waals surface area contributed by atoms with E-state index in [4.69, 9.17) is 11.6 Å². The van der Waals surface area contributed by atoms with E-state index in [1.165, 1.54) is 0 Å². The first-order valence-electron chi connectivity index (χ1n) is 9.52. The van der Waals surface area contributed by atoms with Gasteiger partial charge in [0, 0.05) is 43.4 Å². The summed E-state index contributed by atoms with van der Waals surface area (Å²) in [7, 11) is 0. The Labute approximate surface area is 160 Å². The second-order valence-electron chi connectivity index (χ2n) is 7.71. The number of carbonyl (C=O) groups excluding carboxylic acids is 2. The van der Waals surface area contributed by atoms with Crippen molar-refractivity contribution in [2.75, 3.05) is 37.6 Å². The monoisotopic (exact) mass is 377 g/mol. The normalized spacial score (nSPS) is 22.5. The first kappa shape index (κ1) is 19.0. The van der Waals surface area contributed by atoms with Gasteiger partial charge in [-0.15, -0.1) is 0 Å². The van der Waals surface area contributed by atoms with Gasteiger partial charge in [-0.1, -0.05) is 31.5 Å². The number of nitrogens with zero attached hydrogens (tertiary/aromatic N) is 2. The van der Waals surface area contributed by atoms with Gasteiger partial charge in [0.2, 0.25) is 11.8 Å². The third-order valence-corrected chi connectivity index (χ3v) is 5.47. The molecular formula is C20H28ClN3O2. The highest BCUT2D eigenvalue weighted by Crippen LogP contribution is 2.40. The predicted octanol–water partition coefficient (Wildman–Crippen LogP) is 2.79. The molecule has 2 fully saturated rings. The Morgan fingerprint density at radius 1 is 1.19 bits per heavy atom. The number of carbonyl (C=O) groups is 2. The van der Waals surface area contributed by atoms with Crippen molar-refractivity contribution in [1.29, 1.82) is 0 Å². The summed E-state index contributed by atoms with van der Waals surface area (Å²) >= 11 is 6.06. The van der Waals surface area contributed by atoms with Crippen molar-refractivity contribution >= 4 is 29.1 Å². The van der Waals surface area contributed by atoms with Crippen LogP contribution in [0.25, 0.3) is 0 Å². The molecule has 2 aliphatic rings. The van der Waals surface area contributed by atoms with Crippen molar-refractivity contribution in [3.63, 3.8) is 0 Å². The zero-order valence-electron chi connectivity index (χ0n) is 15.6. The Balaban J connectivity index is 1.44. The van der Waals surface area contributed by atoms with Crippen LogP contribution in [0, 0.1) is 17.8 Å². The highest BCUT2D eigenvalue weighted by Gasteiger charge is 2.49. The Bertz CT molecular complexity index is 656. The molecule has 1 aliphatic carbocycles. The fourth-order valence-corrected chi connectivity index (χ4v) is 3.65. The molecule has 2 unspecified atom stereocenters. The van der Waals surface area contributed by atoms with Gasteiger partial charge in [0.25, 0.3) is 0 Å². The van der Waals surface area contributed by atoms with Crippen molar-refractivity contribution in [2.45, 2.75) is 26.7 Å². The average molecular weight is 378 g/mol. The molecule has 26 heavy (non-hydrogen) atoms. The lowest BCUT2D eigenvalue weighted by atomic mass is 10.1. The van der Waals surface area contributed by atoms with E-state index in [9.17, 15) is 9.59 Å². The van der Waals surface area contributed by atoms with Crippen LogP contribution in [0.2, 0.25) is 5.02 Å². The van der Waals surface area contributed by atoms with Crippen molar-refractivity contribution in [2.24, 2.45) is 17.8 Å². The zero-order chi connectivity index (χ0) is 18.7. The maximum atomic E-state index is 12.7. The number of halogens is 1. The Hall–Kier alpha value is -1.75. The molecular weight excluding hydrogens is 350 g/mol. The van der Waals surface area contributed by atoms with Crippen LogP contribution < -0.4 is 10.2 Å². The summed E-state index contributed by atoms with van der Waals surface area (Å²) in [5.74, 6) is 0.511. The number of benzene rings is 1. The second kappa shape index (κ2) is 8.30. The van der Waals surface area contributed by atoms with E-state index in [2.05, 4.69) is 24.1 Å². The van der Waals surface area contributed by atoms with Gasteiger partial charge >= 0.3 is 0 Å². The Kier molecular flexibility index (Phi) is 6.07. The number of hydrogen-bond donors (Lipinski definition) is 1. The maximum absolute atomic E-state index is 12.7. The van der Waals surface area contributed by atoms with E-state index in [1.54, 1.807) is 0 Å². The summed E-state index contributed by atoms with van der Waals surface area (Å²) in [6, 6.07) is 7.81. The van der Waals surface area contributed by atoms with Crippen LogP contribution in [0.15, 0.2) is 24.3 Å². The highest BCUT2D eigenvalue weighted by atomic mass is 35.5. The van der Waals surface area contributed by atoms with E-state index >= 15 is 0 Å². The van der Waals surface area contributed by atoms with Gasteiger partial charge in [0.1, 0.15) is 0 Å². The molecule has 1 saturated carbocycles. The van der Waals surface area contributed by atoms with E-state index in [0.29, 0.717) is 32.0 Å². The van der Waals surface area contributed by atoms with Crippen LogP contribution in [0.3, 0.4) is 0 Å². The molecule has 1 aliphatic heterocycles. The van der Waals surface area contributed by atoms with E-state index in [1.807, 2.05) is 29.2 Å². The third kappa shape index (κ3) is 4.70. The molecule has 0 spiro atoms. The van der Waals surface area contributed by atoms with Crippen molar-refractivity contribution in [3.05, 3.63) is 29.3 Å². The number of piperazine rings is 1. The molecule has 1 aromatic carbocycles. The minimum absolute atomic E-state index is 0.0431. The maximum Gasteiger partial charge on any atom is 0.226 e. The molecule has 1 saturated heterocycles. The van der Waals surface area contributed by atoms with Crippen molar-refractivity contribution < 1.29 is 9.59 Å². The number of hydrogen-bond acceptors (Lipinski definition) is 3. The molecule has 2 amide bonds. The van der Waals surface area contributed by atoms with Gasteiger partial charge < -0.3 is 15.1 Å². The van der Waals surface area contributed by atoms with Crippen LogP contribution in [-0.4, -0.2) is 49.4 Å². The molecule has 5 nitrogen and oxygen atoms in total. The standard InChI is InChI=1S/C20H28ClN3O2/c1-14(2)6-7-22-19(25)17-13-18(17)20(26)24-10-8-23(9-11-24)16-5-3-4-15(21)12-16/h3-5,12,14,17-18H,6-11,13H2,1-2H3,(H,22,25). The zero-order valence-corrected chi connectivity index (χ0v) is 16.3. The molecule has 6 heteroatoms. The average Bonchev–Trinajstić information content (AvgIpc) is 3.42. The molecule has 1 aromatic rings. The Morgan fingerprint density at radius 2 is 1.92 bits per heavy atom. The van der Waals surface area contributed by atoms with Crippen molar-refractivity contribution in [3.8, 4) is 0 Å². The summed E-state index contributed by atoms with van der Waals surface area (Å²) in [6.45, 7) is 7.96. The topological polar surface area (TPSA) is 52.7 Å². The number of rotatable bonds is 6. The highest BCUT2D eigenvalue weighted by molar-refractivity contribution is 6.30. The molecule has 0 aromatic heterocycles. The molecule has 0 bridgehead atoms. The molecule has 3 rings (SSSR count). The predicted molar refractivity (Wildman–Crippen MR) is 104 cm³/mol. The van der Waals surface area contributed by atoms with Gasteiger partial charge in [-0.25, -0.2) is 0 Å². The summed E-state index contributed by atoms with van der Waals surface area (Å²) < 4.78 is 0. The van der Waals surface area contributed by atoms with E-state index in [-0.39, 0.29) is 23.7 Å². The number of anilines is 1. The van der Waals surface area contributed by atoms with Crippen LogP contribution in [0.4, 0.5) is 5.69 Å². The minimum Gasteiger partial charge on any atom is -0.368 e. The molecule has 0 radical (unpaired) electrons. The van der Waals surface area contributed by atoms with Crippen LogP contribution in [0.5, 0.6) is 0 Å². The first-order valence-corrected chi connectivity index (χ1v) is 9.90. The van der Waals surface area contributed by atoms with E-state index < -0.39 is 0 Å². The van der Waals surface area contributed by atoms with Crippen LogP contribution in [-0.2, 0) is 9.59 Å². The Morgan fingerprint density at radius 3 is 2.58 bits per heavy atom. The van der Waals surface area contributed by atoms with Gasteiger partial charge in [0.15, 0.2) is 0 Å². The molecule has 142 valence electrons. The van der Waals surface area contributed by atoms with Crippen LogP contribution >= 0.6 is 11.6 Å². The minimum atomic E-state index is -0.124. The fraction of sp³-hybridized carbons (Fsp3) is 0.600. The largest absolute Gasteiger partial charge is 0.368 e. The number of nitrogens with one attached hydrogen (secondary N) is 1. The second-order valence-corrected chi connectivity index (χ2v) is 8.15. The van der Waals surface area contributed by atoms with Crippen LogP contribution in [0.1, 0.15) is 26.7 Å². The number of amides is 2.